The van der Waals surface area contributed by atoms with Crippen LogP contribution in [0, 0.1) is 0 Å². The first-order chi connectivity index (χ1) is 8.99. The van der Waals surface area contributed by atoms with Crippen molar-refractivity contribution < 1.29 is 19.4 Å². The van der Waals surface area contributed by atoms with Crippen LogP contribution in [0.1, 0.15) is 17.3 Å². The zero-order valence-corrected chi connectivity index (χ0v) is 11.4. The fourth-order valence-corrected chi connectivity index (χ4v) is 1.63. The molecule has 0 aromatic heterocycles. The second-order valence-electron chi connectivity index (χ2n) is 3.67. The topological polar surface area (TPSA) is 87.7 Å². The van der Waals surface area contributed by atoms with Gasteiger partial charge >= 0.3 is 5.97 Å². The summed E-state index contributed by atoms with van der Waals surface area (Å²) < 4.78 is 4.96. The Morgan fingerprint density at radius 2 is 2.11 bits per heavy atom. The van der Waals surface area contributed by atoms with Gasteiger partial charge < -0.3 is 20.5 Å². The van der Waals surface area contributed by atoms with Gasteiger partial charge in [-0.3, -0.25) is 4.79 Å². The average molecular weight is 287 g/mol. The standard InChI is InChI=1S/C12H15ClN2O4/c1-3-14-6-11(16)15-9-5-10(19-2)7(12(17)18)4-8(9)13/h4-5,14H,3,6H2,1-2H3,(H,15,16)(H,17,18). The van der Waals surface area contributed by atoms with E-state index in [9.17, 15) is 9.59 Å². The number of carbonyl (C=O) groups excluding carboxylic acids is 1. The summed E-state index contributed by atoms with van der Waals surface area (Å²) in [4.78, 5) is 22.5. The Morgan fingerprint density at radius 3 is 2.63 bits per heavy atom. The van der Waals surface area contributed by atoms with Crippen molar-refractivity contribution in [3.63, 3.8) is 0 Å². The van der Waals surface area contributed by atoms with Gasteiger partial charge in [0.25, 0.3) is 0 Å². The Hall–Kier alpha value is -1.79. The summed E-state index contributed by atoms with van der Waals surface area (Å²) in [5.41, 5.74) is 0.253. The Balaban J connectivity index is 2.96. The molecule has 7 heteroatoms. The van der Waals surface area contributed by atoms with Crippen LogP contribution in [0.4, 0.5) is 5.69 Å². The van der Waals surface area contributed by atoms with E-state index in [4.69, 9.17) is 21.4 Å². The van der Waals surface area contributed by atoms with Gasteiger partial charge in [0.05, 0.1) is 24.4 Å². The van der Waals surface area contributed by atoms with Crippen molar-refractivity contribution in [1.82, 2.24) is 5.32 Å². The number of halogens is 1. The van der Waals surface area contributed by atoms with Gasteiger partial charge in [0.1, 0.15) is 11.3 Å². The molecule has 0 saturated carbocycles. The van der Waals surface area contributed by atoms with E-state index in [1.807, 2.05) is 6.92 Å². The second kappa shape index (κ2) is 6.96. The highest BCUT2D eigenvalue weighted by Crippen LogP contribution is 2.30. The zero-order valence-electron chi connectivity index (χ0n) is 10.6. The minimum Gasteiger partial charge on any atom is -0.496 e. The molecule has 0 radical (unpaired) electrons. The molecule has 0 heterocycles. The number of aromatic carboxylic acids is 1. The van der Waals surface area contributed by atoms with Crippen LogP contribution in [0.15, 0.2) is 12.1 Å². The molecule has 6 nitrogen and oxygen atoms in total. The maximum atomic E-state index is 11.6. The first kappa shape index (κ1) is 15.3. The lowest BCUT2D eigenvalue weighted by molar-refractivity contribution is -0.115. The Morgan fingerprint density at radius 1 is 1.42 bits per heavy atom. The molecule has 0 unspecified atom stereocenters. The summed E-state index contributed by atoms with van der Waals surface area (Å²) in [5.74, 6) is -1.28. The van der Waals surface area contributed by atoms with E-state index in [2.05, 4.69) is 10.6 Å². The van der Waals surface area contributed by atoms with Crippen molar-refractivity contribution in [2.75, 3.05) is 25.5 Å². The molecule has 19 heavy (non-hydrogen) atoms. The number of hydrogen-bond donors (Lipinski definition) is 3. The smallest absolute Gasteiger partial charge is 0.339 e. The Labute approximate surface area is 115 Å². The number of methoxy groups -OCH3 is 1. The van der Waals surface area contributed by atoms with E-state index in [0.717, 1.165) is 0 Å². The van der Waals surface area contributed by atoms with Crippen molar-refractivity contribution in [3.05, 3.63) is 22.7 Å². The first-order valence-electron chi connectivity index (χ1n) is 5.61. The van der Waals surface area contributed by atoms with E-state index in [-0.39, 0.29) is 28.8 Å². The average Bonchev–Trinajstić information content (AvgIpc) is 2.38. The van der Waals surface area contributed by atoms with Gasteiger partial charge in [-0.1, -0.05) is 18.5 Å². The summed E-state index contributed by atoms with van der Waals surface area (Å²) in [7, 11) is 1.35. The number of ether oxygens (including phenoxy) is 1. The lowest BCUT2D eigenvalue weighted by Crippen LogP contribution is -2.27. The summed E-state index contributed by atoms with van der Waals surface area (Å²) in [6.07, 6.45) is 0. The maximum absolute atomic E-state index is 11.6. The molecule has 0 bridgehead atoms. The zero-order chi connectivity index (χ0) is 14.4. The van der Waals surface area contributed by atoms with E-state index in [1.165, 1.54) is 19.2 Å². The largest absolute Gasteiger partial charge is 0.496 e. The molecule has 0 saturated heterocycles. The lowest BCUT2D eigenvalue weighted by atomic mass is 10.1. The highest BCUT2D eigenvalue weighted by atomic mass is 35.5. The number of hydrogen-bond acceptors (Lipinski definition) is 4. The molecule has 0 aliphatic rings. The number of carbonyl (C=O) groups is 2. The van der Waals surface area contributed by atoms with Crippen molar-refractivity contribution in [1.29, 1.82) is 0 Å². The summed E-state index contributed by atoms with van der Waals surface area (Å²) >= 11 is 5.93. The molecule has 3 N–H and O–H groups in total. The molecule has 1 aromatic rings. The lowest BCUT2D eigenvalue weighted by Gasteiger charge is -2.11. The molecule has 1 aromatic carbocycles. The molecule has 1 amide bonds. The monoisotopic (exact) mass is 286 g/mol. The molecule has 0 aliphatic carbocycles. The quantitative estimate of drug-likeness (QED) is 0.739. The van der Waals surface area contributed by atoms with Crippen molar-refractivity contribution in [2.45, 2.75) is 6.92 Å². The Kier molecular flexibility index (Phi) is 5.59. The number of carboxylic acids is 1. The highest BCUT2D eigenvalue weighted by molar-refractivity contribution is 6.34. The third-order valence-corrected chi connectivity index (χ3v) is 2.64. The predicted octanol–water partition coefficient (Wildman–Crippen LogP) is 1.59. The van der Waals surface area contributed by atoms with E-state index in [0.29, 0.717) is 12.2 Å². The van der Waals surface area contributed by atoms with Crippen LogP contribution in [0.2, 0.25) is 5.02 Å². The number of carboxylic acid groups (broad SMARTS) is 1. The van der Waals surface area contributed by atoms with Gasteiger partial charge in [-0.25, -0.2) is 4.79 Å². The highest BCUT2D eigenvalue weighted by Gasteiger charge is 2.15. The minimum atomic E-state index is -1.15. The fourth-order valence-electron chi connectivity index (χ4n) is 1.42. The number of benzene rings is 1. The predicted molar refractivity (Wildman–Crippen MR) is 72.1 cm³/mol. The van der Waals surface area contributed by atoms with Crippen LogP contribution in [-0.4, -0.2) is 37.2 Å². The van der Waals surface area contributed by atoms with Gasteiger partial charge in [-0.2, -0.15) is 0 Å². The van der Waals surface area contributed by atoms with Crippen LogP contribution >= 0.6 is 11.6 Å². The van der Waals surface area contributed by atoms with Gasteiger partial charge in [0.2, 0.25) is 5.91 Å². The van der Waals surface area contributed by atoms with Crippen molar-refractivity contribution >= 4 is 29.2 Å². The van der Waals surface area contributed by atoms with Gasteiger partial charge in [0, 0.05) is 6.07 Å². The molecular weight excluding hydrogens is 272 g/mol. The molecule has 104 valence electrons. The summed E-state index contributed by atoms with van der Waals surface area (Å²) in [6, 6.07) is 2.63. The van der Waals surface area contributed by atoms with Gasteiger partial charge in [-0.15, -0.1) is 0 Å². The minimum absolute atomic E-state index is 0.0582. The van der Waals surface area contributed by atoms with Crippen LogP contribution in [-0.2, 0) is 4.79 Å². The van der Waals surface area contributed by atoms with Crippen molar-refractivity contribution in [2.24, 2.45) is 0 Å². The number of amides is 1. The number of likely N-dealkylation sites (N-methyl/N-ethyl adjacent to an activating group) is 1. The maximum Gasteiger partial charge on any atom is 0.339 e. The number of nitrogens with one attached hydrogen (secondary N) is 2. The van der Waals surface area contributed by atoms with Crippen LogP contribution < -0.4 is 15.4 Å². The molecule has 0 aliphatic heterocycles. The van der Waals surface area contributed by atoms with Crippen LogP contribution in [0.5, 0.6) is 5.75 Å². The summed E-state index contributed by atoms with van der Waals surface area (Å²) in [5, 5.41) is 14.6. The molecule has 0 fully saturated rings. The normalized spacial score (nSPS) is 10.1. The fraction of sp³-hybridized carbons (Fsp3) is 0.333. The molecular formula is C12H15ClN2O4. The Bertz CT molecular complexity index is 491. The van der Waals surface area contributed by atoms with E-state index < -0.39 is 5.97 Å². The molecule has 0 spiro atoms. The number of anilines is 1. The van der Waals surface area contributed by atoms with E-state index in [1.54, 1.807) is 0 Å². The number of rotatable bonds is 6. The SMILES string of the molecule is CCNCC(=O)Nc1cc(OC)c(C(=O)O)cc1Cl. The van der Waals surface area contributed by atoms with E-state index >= 15 is 0 Å². The first-order valence-corrected chi connectivity index (χ1v) is 5.98. The van der Waals surface area contributed by atoms with Gasteiger partial charge in [0.15, 0.2) is 0 Å². The van der Waals surface area contributed by atoms with Crippen molar-refractivity contribution in [3.8, 4) is 5.75 Å². The second-order valence-corrected chi connectivity index (χ2v) is 4.07. The van der Waals surface area contributed by atoms with Gasteiger partial charge in [-0.05, 0) is 12.6 Å². The third-order valence-electron chi connectivity index (χ3n) is 2.33. The van der Waals surface area contributed by atoms with Crippen LogP contribution in [0.3, 0.4) is 0 Å². The molecule has 0 atom stereocenters. The summed E-state index contributed by atoms with van der Waals surface area (Å²) in [6.45, 7) is 2.70. The van der Waals surface area contributed by atoms with Crippen LogP contribution in [0.25, 0.3) is 0 Å². The molecule has 1 rings (SSSR count). The third kappa shape index (κ3) is 4.11.